The van der Waals surface area contributed by atoms with Crippen LogP contribution in [0.5, 0.6) is 0 Å². The predicted molar refractivity (Wildman–Crippen MR) is 38.6 cm³/mol. The Kier molecular flexibility index (Phi) is 4.60. The summed E-state index contributed by atoms with van der Waals surface area (Å²) in [5.41, 5.74) is 0. The van der Waals surface area contributed by atoms with Crippen molar-refractivity contribution in [3.8, 4) is 0 Å². The summed E-state index contributed by atoms with van der Waals surface area (Å²) in [6, 6.07) is 0. The van der Waals surface area contributed by atoms with Crippen LogP contribution in [0.1, 0.15) is 20.3 Å². The van der Waals surface area contributed by atoms with Crippen LogP contribution in [0.4, 0.5) is 0 Å². The van der Waals surface area contributed by atoms with Crippen LogP contribution in [0.2, 0.25) is 0 Å². The highest BCUT2D eigenvalue weighted by molar-refractivity contribution is 4.65. The second-order valence-corrected chi connectivity index (χ2v) is 2.81. The highest BCUT2D eigenvalue weighted by Crippen LogP contribution is 2.07. The van der Waals surface area contributed by atoms with E-state index in [0.29, 0.717) is 6.42 Å². The minimum atomic E-state index is -0.593. The molecule has 62 valence electrons. The Balaban J connectivity index is 3.50. The van der Waals surface area contributed by atoms with E-state index in [-0.39, 0.29) is 12.5 Å². The second-order valence-electron chi connectivity index (χ2n) is 2.81. The van der Waals surface area contributed by atoms with Crippen LogP contribution >= 0.6 is 0 Å². The highest BCUT2D eigenvalue weighted by atomic mass is 16.3. The lowest BCUT2D eigenvalue weighted by atomic mass is 10.0. The van der Waals surface area contributed by atoms with Gasteiger partial charge >= 0.3 is 0 Å². The average molecular weight is 148 g/mol. The van der Waals surface area contributed by atoms with Gasteiger partial charge in [0.15, 0.2) is 0 Å². The number of hydrogen-bond donors (Lipinski definition) is 3. The molecule has 0 aliphatic heterocycles. The van der Waals surface area contributed by atoms with Crippen molar-refractivity contribution in [3.63, 3.8) is 0 Å². The largest absolute Gasteiger partial charge is 0.396 e. The SMILES string of the molecule is CC(O)CC(O)C(C)CO. The van der Waals surface area contributed by atoms with Gasteiger partial charge < -0.3 is 15.3 Å². The van der Waals surface area contributed by atoms with E-state index in [0.717, 1.165) is 0 Å². The van der Waals surface area contributed by atoms with E-state index in [2.05, 4.69) is 0 Å². The van der Waals surface area contributed by atoms with Crippen molar-refractivity contribution in [1.29, 1.82) is 0 Å². The number of hydrogen-bond acceptors (Lipinski definition) is 3. The number of rotatable bonds is 4. The van der Waals surface area contributed by atoms with Crippen LogP contribution in [0.3, 0.4) is 0 Å². The third kappa shape index (κ3) is 3.82. The summed E-state index contributed by atoms with van der Waals surface area (Å²) in [5, 5.41) is 26.6. The molecule has 0 spiro atoms. The van der Waals surface area contributed by atoms with Gasteiger partial charge in [0.1, 0.15) is 0 Å². The van der Waals surface area contributed by atoms with Gasteiger partial charge in [-0.15, -0.1) is 0 Å². The van der Waals surface area contributed by atoms with E-state index in [1.165, 1.54) is 0 Å². The smallest absolute Gasteiger partial charge is 0.0612 e. The van der Waals surface area contributed by atoms with E-state index in [4.69, 9.17) is 15.3 Å². The van der Waals surface area contributed by atoms with Gasteiger partial charge in [-0.05, 0) is 13.3 Å². The molecule has 0 aliphatic rings. The van der Waals surface area contributed by atoms with Crippen molar-refractivity contribution < 1.29 is 15.3 Å². The van der Waals surface area contributed by atoms with Crippen molar-refractivity contribution >= 4 is 0 Å². The van der Waals surface area contributed by atoms with Gasteiger partial charge in [0.25, 0.3) is 0 Å². The second kappa shape index (κ2) is 4.66. The lowest BCUT2D eigenvalue weighted by Crippen LogP contribution is -2.24. The van der Waals surface area contributed by atoms with Crippen LogP contribution in [-0.4, -0.2) is 34.1 Å². The molecule has 0 aromatic rings. The molecule has 0 rings (SSSR count). The summed E-state index contributed by atoms with van der Waals surface area (Å²) in [6.07, 6.45) is -0.754. The molecule has 0 saturated heterocycles. The molecule has 3 unspecified atom stereocenters. The van der Waals surface area contributed by atoms with Crippen molar-refractivity contribution in [1.82, 2.24) is 0 Å². The van der Waals surface area contributed by atoms with Crippen LogP contribution in [0.25, 0.3) is 0 Å². The molecule has 0 fully saturated rings. The van der Waals surface area contributed by atoms with Crippen molar-refractivity contribution in [2.45, 2.75) is 32.5 Å². The Morgan fingerprint density at radius 2 is 1.70 bits per heavy atom. The first kappa shape index (κ1) is 9.88. The van der Waals surface area contributed by atoms with Crippen LogP contribution in [0, 0.1) is 5.92 Å². The molecular formula is C7H16O3. The first-order valence-corrected chi connectivity index (χ1v) is 3.55. The molecule has 3 N–H and O–H groups in total. The summed E-state index contributed by atoms with van der Waals surface area (Å²) in [6.45, 7) is 3.33. The third-order valence-corrected chi connectivity index (χ3v) is 1.53. The van der Waals surface area contributed by atoms with Gasteiger partial charge in [0, 0.05) is 12.5 Å². The molecule has 0 aromatic heterocycles. The lowest BCUT2D eigenvalue weighted by Gasteiger charge is -2.17. The fourth-order valence-electron chi connectivity index (χ4n) is 0.703. The molecule has 0 heterocycles. The monoisotopic (exact) mass is 148 g/mol. The maximum Gasteiger partial charge on any atom is 0.0612 e. The van der Waals surface area contributed by atoms with Gasteiger partial charge in [-0.25, -0.2) is 0 Å². The number of aliphatic hydroxyl groups is 3. The van der Waals surface area contributed by atoms with Crippen LogP contribution < -0.4 is 0 Å². The van der Waals surface area contributed by atoms with E-state index >= 15 is 0 Å². The molecule has 3 atom stereocenters. The van der Waals surface area contributed by atoms with Crippen LogP contribution in [-0.2, 0) is 0 Å². The fourth-order valence-corrected chi connectivity index (χ4v) is 0.703. The summed E-state index contributed by atoms with van der Waals surface area (Å²) in [7, 11) is 0. The summed E-state index contributed by atoms with van der Waals surface area (Å²) < 4.78 is 0. The van der Waals surface area contributed by atoms with Gasteiger partial charge in [-0.3, -0.25) is 0 Å². The van der Waals surface area contributed by atoms with E-state index in [1.807, 2.05) is 0 Å². The van der Waals surface area contributed by atoms with E-state index in [1.54, 1.807) is 13.8 Å². The molecule has 10 heavy (non-hydrogen) atoms. The zero-order valence-corrected chi connectivity index (χ0v) is 6.49. The van der Waals surface area contributed by atoms with Gasteiger partial charge in [-0.2, -0.15) is 0 Å². The van der Waals surface area contributed by atoms with Crippen molar-refractivity contribution in [2.24, 2.45) is 5.92 Å². The summed E-state index contributed by atoms with van der Waals surface area (Å²) in [4.78, 5) is 0. The molecule has 0 bridgehead atoms. The topological polar surface area (TPSA) is 60.7 Å². The fraction of sp³-hybridized carbons (Fsp3) is 1.00. The quantitative estimate of drug-likeness (QED) is 0.515. The molecule has 3 nitrogen and oxygen atoms in total. The molecule has 0 saturated carbocycles. The Labute approximate surface area is 61.3 Å². The van der Waals surface area contributed by atoms with Gasteiger partial charge in [-0.1, -0.05) is 6.92 Å². The molecule has 0 radical (unpaired) electrons. The van der Waals surface area contributed by atoms with Gasteiger partial charge in [0.2, 0.25) is 0 Å². The standard InChI is InChI=1S/C7H16O3/c1-5(4-8)7(10)3-6(2)9/h5-10H,3-4H2,1-2H3. The van der Waals surface area contributed by atoms with E-state index < -0.39 is 12.2 Å². The first-order valence-electron chi connectivity index (χ1n) is 3.55. The molecule has 0 amide bonds. The Morgan fingerprint density at radius 1 is 1.20 bits per heavy atom. The lowest BCUT2D eigenvalue weighted by molar-refractivity contribution is 0.0346. The zero-order valence-electron chi connectivity index (χ0n) is 6.49. The summed E-state index contributed by atoms with van der Waals surface area (Å²) in [5.74, 6) is -0.144. The third-order valence-electron chi connectivity index (χ3n) is 1.53. The highest BCUT2D eigenvalue weighted by Gasteiger charge is 2.14. The maximum absolute atomic E-state index is 9.17. The van der Waals surface area contributed by atoms with Gasteiger partial charge in [0.05, 0.1) is 12.2 Å². The minimum absolute atomic E-state index is 0.0338. The molecule has 0 aliphatic carbocycles. The van der Waals surface area contributed by atoms with Crippen LogP contribution in [0.15, 0.2) is 0 Å². The Morgan fingerprint density at radius 3 is 2.00 bits per heavy atom. The number of aliphatic hydroxyl groups excluding tert-OH is 3. The average Bonchev–Trinajstić information content (AvgIpc) is 1.85. The predicted octanol–water partition coefficient (Wildman–Crippen LogP) is -0.253. The summed E-state index contributed by atoms with van der Waals surface area (Å²) >= 11 is 0. The molecule has 0 aromatic carbocycles. The first-order chi connectivity index (χ1) is 4.57. The molecular weight excluding hydrogens is 132 g/mol. The maximum atomic E-state index is 9.17. The zero-order chi connectivity index (χ0) is 8.15. The van der Waals surface area contributed by atoms with Crippen molar-refractivity contribution in [2.75, 3.05) is 6.61 Å². The van der Waals surface area contributed by atoms with E-state index in [9.17, 15) is 0 Å². The normalized spacial score (nSPS) is 20.1. The minimum Gasteiger partial charge on any atom is -0.396 e. The van der Waals surface area contributed by atoms with Crippen molar-refractivity contribution in [3.05, 3.63) is 0 Å². The molecule has 3 heteroatoms. The Hall–Kier alpha value is -0.120. The Bertz CT molecular complexity index is 82.9.